The van der Waals surface area contributed by atoms with E-state index in [4.69, 9.17) is 9.47 Å². The van der Waals surface area contributed by atoms with Crippen molar-refractivity contribution < 1.29 is 28.8 Å². The zero-order chi connectivity index (χ0) is 26.9. The number of ketones is 1. The highest BCUT2D eigenvalue weighted by atomic mass is 16.7. The number of benzene rings is 2. The van der Waals surface area contributed by atoms with Crippen LogP contribution in [0.15, 0.2) is 53.6 Å². The lowest BCUT2D eigenvalue weighted by molar-refractivity contribution is -0.384. The molecule has 1 spiro atoms. The van der Waals surface area contributed by atoms with Crippen LogP contribution in [0.5, 0.6) is 0 Å². The average Bonchev–Trinajstić information content (AvgIpc) is 3.13. The molecule has 0 amide bonds. The maximum absolute atomic E-state index is 14.1. The maximum Gasteiger partial charge on any atom is 0.330 e. The lowest BCUT2D eigenvalue weighted by Crippen LogP contribution is -2.58. The molecule has 0 saturated carbocycles. The molecule has 0 radical (unpaired) electrons. The molecule has 3 heterocycles. The Bertz CT molecular complexity index is 1340. The molecule has 37 heavy (non-hydrogen) atoms. The van der Waals surface area contributed by atoms with E-state index < -0.39 is 51.5 Å². The first kappa shape index (κ1) is 24.6. The van der Waals surface area contributed by atoms with Crippen molar-refractivity contribution in [2.45, 2.75) is 58.4 Å². The van der Waals surface area contributed by atoms with Crippen LogP contribution in [0, 0.1) is 20.9 Å². The summed E-state index contributed by atoms with van der Waals surface area (Å²) in [7, 11) is 0. The van der Waals surface area contributed by atoms with Crippen LogP contribution in [-0.4, -0.2) is 45.7 Å². The lowest BCUT2D eigenvalue weighted by Gasteiger charge is -2.44. The maximum atomic E-state index is 14.1. The van der Waals surface area contributed by atoms with Gasteiger partial charge in [-0.15, -0.1) is 0 Å². The molecule has 5 rings (SSSR count). The predicted molar refractivity (Wildman–Crippen MR) is 131 cm³/mol. The Morgan fingerprint density at radius 2 is 1.62 bits per heavy atom. The topological polar surface area (TPSA) is 128 Å². The van der Waals surface area contributed by atoms with E-state index in [1.165, 1.54) is 43.1 Å². The summed E-state index contributed by atoms with van der Waals surface area (Å²) >= 11 is 0. The summed E-state index contributed by atoms with van der Waals surface area (Å²) in [5.74, 6) is -4.51. The Hall–Kier alpha value is -4.08. The molecule has 3 aliphatic heterocycles. The van der Waals surface area contributed by atoms with E-state index in [-0.39, 0.29) is 11.5 Å². The van der Waals surface area contributed by atoms with Gasteiger partial charge in [0.25, 0.3) is 11.5 Å². The summed E-state index contributed by atoms with van der Waals surface area (Å²) in [6.45, 7) is 8.20. The van der Waals surface area contributed by atoms with E-state index in [1.54, 1.807) is 39.1 Å². The minimum Gasteiger partial charge on any atom is -0.422 e. The van der Waals surface area contributed by atoms with Crippen LogP contribution in [-0.2, 0) is 23.9 Å². The van der Waals surface area contributed by atoms with Crippen molar-refractivity contribution in [3.63, 3.8) is 0 Å². The summed E-state index contributed by atoms with van der Waals surface area (Å²) < 4.78 is 11.4. The Balaban J connectivity index is 1.83. The summed E-state index contributed by atoms with van der Waals surface area (Å²) in [5, 5.41) is 17.4. The second-order valence-electron chi connectivity index (χ2n) is 11.1. The highest BCUT2D eigenvalue weighted by molar-refractivity contribution is 6.07. The minimum absolute atomic E-state index is 0.162. The number of ether oxygens (including phenoxy) is 2. The molecule has 0 aromatic heterocycles. The van der Waals surface area contributed by atoms with Gasteiger partial charge in [0.2, 0.25) is 5.41 Å². The molecule has 2 saturated heterocycles. The molecule has 3 aliphatic rings. The van der Waals surface area contributed by atoms with Crippen molar-refractivity contribution >= 4 is 29.6 Å². The van der Waals surface area contributed by atoms with E-state index in [0.717, 1.165) is 0 Å². The molecule has 2 aromatic rings. The number of Topliss-reactive ketones (excluding diaryl/α,β-unsaturated/α-hetero) is 1. The largest absolute Gasteiger partial charge is 0.422 e. The number of carbonyl (C=O) groups is 3. The molecule has 10 nitrogen and oxygen atoms in total. The third-order valence-electron chi connectivity index (χ3n) is 7.23. The average molecular weight is 506 g/mol. The number of cyclic esters (lactones) is 2. The molecular weight excluding hydrogens is 478 g/mol. The number of non-ortho nitro benzene ring substituents is 1. The molecule has 10 heteroatoms. The quantitative estimate of drug-likeness (QED) is 0.266. The van der Waals surface area contributed by atoms with Crippen molar-refractivity contribution in [2.24, 2.45) is 15.9 Å². The number of nitrogens with zero attached hydrogens (tertiary/aromatic N) is 3. The normalized spacial score (nSPS) is 25.2. The Morgan fingerprint density at radius 1 is 1.03 bits per heavy atom. The summed E-state index contributed by atoms with van der Waals surface area (Å²) in [6.07, 6.45) is 1.60. The van der Waals surface area contributed by atoms with Gasteiger partial charge in [-0.3, -0.25) is 29.5 Å². The van der Waals surface area contributed by atoms with Crippen LogP contribution < -0.4 is 0 Å². The first-order valence-electron chi connectivity index (χ1n) is 12.0. The fourth-order valence-electron chi connectivity index (χ4n) is 5.63. The van der Waals surface area contributed by atoms with E-state index in [0.29, 0.717) is 16.7 Å². The van der Waals surface area contributed by atoms with E-state index in [2.05, 4.69) is 5.10 Å². The van der Waals surface area contributed by atoms with Crippen molar-refractivity contribution in [1.29, 1.82) is 0 Å². The molecule has 0 N–H and O–H groups in total. The van der Waals surface area contributed by atoms with Crippen LogP contribution in [0.2, 0.25) is 0 Å². The van der Waals surface area contributed by atoms with Gasteiger partial charge in [0.1, 0.15) is 12.1 Å². The molecule has 0 aliphatic carbocycles. The summed E-state index contributed by atoms with van der Waals surface area (Å²) in [4.78, 5) is 52.9. The molecule has 0 bridgehead atoms. The minimum atomic E-state index is -1.99. The highest BCUT2D eigenvalue weighted by Gasteiger charge is 2.75. The molecular formula is C27H27N3O7. The van der Waals surface area contributed by atoms with Gasteiger partial charge in [0, 0.05) is 37.3 Å². The van der Waals surface area contributed by atoms with E-state index in [1.807, 2.05) is 12.1 Å². The number of nitro benzene ring substituents is 1. The number of esters is 2. The molecule has 192 valence electrons. The van der Waals surface area contributed by atoms with E-state index in [9.17, 15) is 24.5 Å². The summed E-state index contributed by atoms with van der Waals surface area (Å²) in [5.41, 5.74) is -1.31. The molecule has 1 unspecified atom stereocenters. The second kappa shape index (κ2) is 7.96. The van der Waals surface area contributed by atoms with Crippen LogP contribution in [0.25, 0.3) is 0 Å². The number of fused-ring (bicyclic) bond motifs is 4. The number of carbonyl (C=O) groups excluding carboxylic acids is 3. The zero-order valence-electron chi connectivity index (χ0n) is 21.1. The lowest BCUT2D eigenvalue weighted by atomic mass is 9.64. The van der Waals surface area contributed by atoms with Crippen molar-refractivity contribution in [3.05, 3.63) is 75.3 Å². The highest BCUT2D eigenvalue weighted by Crippen LogP contribution is 2.63. The molecule has 2 aromatic carbocycles. The number of hydrogen-bond acceptors (Lipinski definition) is 9. The fourth-order valence-corrected chi connectivity index (χ4v) is 5.63. The first-order valence-corrected chi connectivity index (χ1v) is 12.0. The third kappa shape index (κ3) is 3.53. The second-order valence-corrected chi connectivity index (χ2v) is 11.1. The van der Waals surface area contributed by atoms with Crippen LogP contribution in [0.1, 0.15) is 63.3 Å². The molecule has 2 fully saturated rings. The monoisotopic (exact) mass is 505 g/mol. The van der Waals surface area contributed by atoms with E-state index >= 15 is 0 Å². The third-order valence-corrected chi connectivity index (χ3v) is 7.23. The van der Waals surface area contributed by atoms with Crippen molar-refractivity contribution in [1.82, 2.24) is 5.01 Å². The van der Waals surface area contributed by atoms with Crippen molar-refractivity contribution in [3.8, 4) is 0 Å². The fraction of sp³-hybridized carbons (Fsp3) is 0.407. The summed E-state index contributed by atoms with van der Waals surface area (Å²) in [6, 6.07) is 10.7. The number of hydrogen-bond donors (Lipinski definition) is 0. The van der Waals surface area contributed by atoms with Crippen LogP contribution in [0.3, 0.4) is 0 Å². The Kier molecular flexibility index (Phi) is 5.29. The Morgan fingerprint density at radius 3 is 2.19 bits per heavy atom. The van der Waals surface area contributed by atoms with Gasteiger partial charge in [0.05, 0.1) is 11.1 Å². The van der Waals surface area contributed by atoms with Crippen LogP contribution in [0.4, 0.5) is 5.69 Å². The smallest absolute Gasteiger partial charge is 0.330 e. The SMILES string of the molecule is CC1(C)OC(=O)C2(C(=O)O1)C1c3ccccc3C=NN1[C@@H](C(=O)C(C)(C)C)[C@@H]2c1ccc([N+](=O)[O-])cc1. The van der Waals surface area contributed by atoms with Crippen LogP contribution >= 0.6 is 0 Å². The number of nitro groups is 1. The zero-order valence-corrected chi connectivity index (χ0v) is 21.1. The first-order chi connectivity index (χ1) is 17.3. The van der Waals surface area contributed by atoms with Crippen molar-refractivity contribution in [2.75, 3.05) is 0 Å². The predicted octanol–water partition coefficient (Wildman–Crippen LogP) is 3.89. The van der Waals surface area contributed by atoms with Gasteiger partial charge >= 0.3 is 11.9 Å². The van der Waals surface area contributed by atoms with Gasteiger partial charge in [-0.25, -0.2) is 0 Å². The number of rotatable bonds is 3. The van der Waals surface area contributed by atoms with Gasteiger partial charge < -0.3 is 9.47 Å². The van der Waals surface area contributed by atoms with Gasteiger partial charge in [-0.05, 0) is 16.7 Å². The van der Waals surface area contributed by atoms with Gasteiger partial charge in [-0.1, -0.05) is 57.2 Å². The number of hydrazone groups is 1. The van der Waals surface area contributed by atoms with Gasteiger partial charge in [0.15, 0.2) is 5.78 Å². The Labute approximate surface area is 213 Å². The molecule has 3 atom stereocenters. The van der Waals surface area contributed by atoms with Gasteiger partial charge in [-0.2, -0.15) is 5.10 Å². The standard InChI is InChI=1S/C27H27N3O7/c1-25(2,3)22(31)20-19(15-10-12-17(13-11-15)30(34)35)27(23(32)36-26(4,5)37-24(27)33)21-18-9-7-6-8-16(18)14-28-29(20)21/h6-14,19-21H,1-5H3/t19-,20+,21?/m0/s1.